The monoisotopic (exact) mass is 262 g/mol. The molecule has 0 amide bonds. The highest BCUT2D eigenvalue weighted by molar-refractivity contribution is 9.10. The van der Waals surface area contributed by atoms with Crippen molar-refractivity contribution >= 4 is 33.3 Å². The first-order valence-electron chi connectivity index (χ1n) is 3.76. The average Bonchev–Trinajstić information content (AvgIpc) is 2.37. The van der Waals surface area contributed by atoms with Crippen molar-refractivity contribution in [2.75, 3.05) is 0 Å². The number of fused-ring (bicyclic) bond motifs is 1. The maximum absolute atomic E-state index is 13.0. The molecule has 0 N–H and O–H groups in total. The number of ketones is 1. The molecule has 13 heavy (non-hydrogen) atoms. The van der Waals surface area contributed by atoms with Gasteiger partial charge in [0.15, 0.2) is 5.78 Å². The zero-order valence-corrected chi connectivity index (χ0v) is 8.82. The summed E-state index contributed by atoms with van der Waals surface area (Å²) in [5, 5.41) is -0.0514. The van der Waals surface area contributed by atoms with Gasteiger partial charge in [0.1, 0.15) is 5.82 Å². The SMILES string of the molecule is O=C1c2c(ccc(F)c2Cl)CC1Br. The zero-order valence-electron chi connectivity index (χ0n) is 6.48. The van der Waals surface area contributed by atoms with Crippen molar-refractivity contribution in [3.05, 3.63) is 34.1 Å². The normalized spacial score (nSPS) is 20.5. The molecule has 1 unspecified atom stereocenters. The molecule has 4 heteroatoms. The number of hydrogen-bond acceptors (Lipinski definition) is 1. The van der Waals surface area contributed by atoms with E-state index in [9.17, 15) is 9.18 Å². The predicted molar refractivity (Wildman–Crippen MR) is 52.2 cm³/mol. The van der Waals surface area contributed by atoms with Gasteiger partial charge < -0.3 is 0 Å². The Labute approximate surface area is 88.0 Å². The van der Waals surface area contributed by atoms with Crippen LogP contribution in [0.25, 0.3) is 0 Å². The standard InChI is InChI=1S/C9H5BrClFO/c10-5-3-4-1-2-6(12)8(11)7(4)9(5)13/h1-2,5H,3H2. The molecule has 1 aromatic rings. The highest BCUT2D eigenvalue weighted by Crippen LogP contribution is 2.33. The molecule has 0 heterocycles. The van der Waals surface area contributed by atoms with E-state index < -0.39 is 5.82 Å². The summed E-state index contributed by atoms with van der Waals surface area (Å²) in [6.45, 7) is 0. The maximum atomic E-state index is 13.0. The zero-order chi connectivity index (χ0) is 9.59. The van der Waals surface area contributed by atoms with E-state index in [-0.39, 0.29) is 15.6 Å². The second-order valence-corrected chi connectivity index (χ2v) is 4.41. The third-order valence-corrected chi connectivity index (χ3v) is 3.22. The molecule has 2 rings (SSSR count). The van der Waals surface area contributed by atoms with Crippen LogP contribution in [-0.2, 0) is 6.42 Å². The van der Waals surface area contributed by atoms with Gasteiger partial charge in [0.2, 0.25) is 0 Å². The summed E-state index contributed by atoms with van der Waals surface area (Å²) in [4.78, 5) is 11.2. The van der Waals surface area contributed by atoms with Gasteiger partial charge in [-0.15, -0.1) is 0 Å². The van der Waals surface area contributed by atoms with Gasteiger partial charge in [-0.1, -0.05) is 33.6 Å². The van der Waals surface area contributed by atoms with Crippen molar-refractivity contribution in [3.63, 3.8) is 0 Å². The second-order valence-electron chi connectivity index (χ2n) is 2.93. The molecule has 0 bridgehead atoms. The largest absolute Gasteiger partial charge is 0.293 e. The molecule has 0 saturated carbocycles. The van der Waals surface area contributed by atoms with Crippen molar-refractivity contribution in [3.8, 4) is 0 Å². The first-order valence-corrected chi connectivity index (χ1v) is 5.06. The minimum Gasteiger partial charge on any atom is -0.293 e. The van der Waals surface area contributed by atoms with Gasteiger partial charge >= 0.3 is 0 Å². The number of rotatable bonds is 0. The number of hydrogen-bond donors (Lipinski definition) is 0. The summed E-state index contributed by atoms with van der Waals surface area (Å²) in [7, 11) is 0. The Morgan fingerprint density at radius 1 is 1.54 bits per heavy atom. The molecule has 1 nitrogen and oxygen atoms in total. The second kappa shape index (κ2) is 3.07. The fourth-order valence-corrected chi connectivity index (χ4v) is 2.32. The van der Waals surface area contributed by atoms with E-state index >= 15 is 0 Å². The molecule has 0 aromatic heterocycles. The summed E-state index contributed by atoms with van der Waals surface area (Å²) in [5.74, 6) is -0.658. The van der Waals surface area contributed by atoms with Crippen LogP contribution in [0.15, 0.2) is 12.1 Å². The Kier molecular flexibility index (Phi) is 2.16. The van der Waals surface area contributed by atoms with E-state index in [4.69, 9.17) is 11.6 Å². The number of benzene rings is 1. The topological polar surface area (TPSA) is 17.1 Å². The Morgan fingerprint density at radius 3 is 2.92 bits per heavy atom. The van der Waals surface area contributed by atoms with E-state index in [1.54, 1.807) is 6.07 Å². The van der Waals surface area contributed by atoms with Crippen molar-refractivity contribution < 1.29 is 9.18 Å². The first-order chi connectivity index (χ1) is 6.11. The Morgan fingerprint density at radius 2 is 2.23 bits per heavy atom. The summed E-state index contributed by atoms with van der Waals surface area (Å²) >= 11 is 8.89. The van der Waals surface area contributed by atoms with E-state index in [0.29, 0.717) is 12.0 Å². The molecule has 1 aliphatic carbocycles. The Bertz CT molecular complexity index is 391. The van der Waals surface area contributed by atoms with Crippen LogP contribution in [0, 0.1) is 5.82 Å². The number of alkyl halides is 1. The summed E-state index contributed by atoms with van der Waals surface area (Å²) in [6.07, 6.45) is 0.591. The third-order valence-electron chi connectivity index (χ3n) is 2.11. The Hall–Kier alpha value is -0.410. The summed E-state index contributed by atoms with van der Waals surface area (Å²) in [5.41, 5.74) is 1.15. The fourth-order valence-electron chi connectivity index (χ4n) is 1.47. The van der Waals surface area contributed by atoms with E-state index in [2.05, 4.69) is 15.9 Å². The van der Waals surface area contributed by atoms with Gasteiger partial charge in [-0.25, -0.2) is 4.39 Å². The van der Waals surface area contributed by atoms with Crippen molar-refractivity contribution in [2.24, 2.45) is 0 Å². The molecule has 1 aromatic carbocycles. The fraction of sp³-hybridized carbons (Fsp3) is 0.222. The summed E-state index contributed by atoms with van der Waals surface area (Å²) < 4.78 is 13.0. The number of carbonyl (C=O) groups excluding carboxylic acids is 1. The molecular formula is C9H5BrClFO. The average molecular weight is 263 g/mol. The van der Waals surface area contributed by atoms with Crippen LogP contribution < -0.4 is 0 Å². The Balaban J connectivity index is 2.66. The maximum Gasteiger partial charge on any atom is 0.178 e. The lowest BCUT2D eigenvalue weighted by Crippen LogP contribution is -2.06. The third kappa shape index (κ3) is 1.30. The molecular weight excluding hydrogens is 258 g/mol. The van der Waals surface area contributed by atoms with E-state index in [0.717, 1.165) is 5.56 Å². The minimum absolute atomic E-state index is 0.0514. The van der Waals surface area contributed by atoms with Gasteiger partial charge in [0, 0.05) is 5.56 Å². The highest BCUT2D eigenvalue weighted by atomic mass is 79.9. The number of carbonyl (C=O) groups is 1. The molecule has 1 atom stereocenters. The highest BCUT2D eigenvalue weighted by Gasteiger charge is 2.31. The van der Waals surface area contributed by atoms with Crippen LogP contribution >= 0.6 is 27.5 Å². The van der Waals surface area contributed by atoms with Gasteiger partial charge in [0.25, 0.3) is 0 Å². The molecule has 0 radical (unpaired) electrons. The predicted octanol–water partition coefficient (Wildman–Crippen LogP) is 2.98. The molecule has 0 spiro atoms. The smallest absolute Gasteiger partial charge is 0.178 e. The van der Waals surface area contributed by atoms with Crippen LogP contribution in [0.5, 0.6) is 0 Å². The minimum atomic E-state index is -0.532. The molecule has 0 fully saturated rings. The van der Waals surface area contributed by atoms with Gasteiger partial charge in [-0.3, -0.25) is 4.79 Å². The quantitative estimate of drug-likeness (QED) is 0.658. The molecule has 1 aliphatic rings. The lowest BCUT2D eigenvalue weighted by Gasteiger charge is -2.00. The lowest BCUT2D eigenvalue weighted by atomic mass is 10.1. The number of halogens is 3. The van der Waals surface area contributed by atoms with Crippen molar-refractivity contribution in [2.45, 2.75) is 11.2 Å². The summed E-state index contributed by atoms with van der Waals surface area (Å²) in [6, 6.07) is 2.90. The van der Waals surface area contributed by atoms with E-state index in [1.807, 2.05) is 0 Å². The lowest BCUT2D eigenvalue weighted by molar-refractivity contribution is 0.100. The van der Waals surface area contributed by atoms with Crippen LogP contribution in [0.1, 0.15) is 15.9 Å². The molecule has 68 valence electrons. The van der Waals surface area contributed by atoms with Crippen LogP contribution in [-0.4, -0.2) is 10.6 Å². The number of Topliss-reactive ketones (excluding diaryl/α,β-unsaturated/α-hetero) is 1. The van der Waals surface area contributed by atoms with Crippen molar-refractivity contribution in [1.82, 2.24) is 0 Å². The van der Waals surface area contributed by atoms with Crippen LogP contribution in [0.3, 0.4) is 0 Å². The molecule has 0 saturated heterocycles. The van der Waals surface area contributed by atoms with E-state index in [1.165, 1.54) is 6.07 Å². The van der Waals surface area contributed by atoms with Gasteiger partial charge in [-0.2, -0.15) is 0 Å². The molecule has 0 aliphatic heterocycles. The van der Waals surface area contributed by atoms with Gasteiger partial charge in [0.05, 0.1) is 9.85 Å². The van der Waals surface area contributed by atoms with Gasteiger partial charge in [-0.05, 0) is 18.1 Å². The van der Waals surface area contributed by atoms with Crippen molar-refractivity contribution in [1.29, 1.82) is 0 Å². The van der Waals surface area contributed by atoms with Crippen LogP contribution in [0.4, 0.5) is 4.39 Å². The van der Waals surface area contributed by atoms with Crippen LogP contribution in [0.2, 0.25) is 5.02 Å². The first kappa shape index (κ1) is 9.16.